The molecule has 2 aromatic heterocycles. The summed E-state index contributed by atoms with van der Waals surface area (Å²) in [5.74, 6) is 2.14. The number of rotatable bonds is 8. The van der Waals surface area contributed by atoms with Gasteiger partial charge in [0, 0.05) is 25.4 Å². The van der Waals surface area contributed by atoms with Gasteiger partial charge in [-0.3, -0.25) is 0 Å². The minimum absolute atomic E-state index is 0.550. The van der Waals surface area contributed by atoms with Gasteiger partial charge in [-0.25, -0.2) is 15.0 Å². The second kappa shape index (κ2) is 9.71. The molecule has 2 heterocycles. The molecule has 0 saturated carbocycles. The second-order valence-corrected chi connectivity index (χ2v) is 6.23. The SMILES string of the molecule is C\C=C/C=C(\C=C/C)c1cnc(Nc2cc(NCCN)nc(C)n2)s1. The number of anilines is 3. The zero-order chi connectivity index (χ0) is 18.1. The number of aromatic nitrogens is 3. The van der Waals surface area contributed by atoms with Gasteiger partial charge in [-0.15, -0.1) is 0 Å². The summed E-state index contributed by atoms with van der Waals surface area (Å²) in [4.78, 5) is 14.3. The van der Waals surface area contributed by atoms with E-state index in [1.54, 1.807) is 11.3 Å². The van der Waals surface area contributed by atoms with Gasteiger partial charge < -0.3 is 16.4 Å². The molecule has 0 amide bonds. The third kappa shape index (κ3) is 5.81. The van der Waals surface area contributed by atoms with E-state index in [0.29, 0.717) is 24.7 Å². The molecule has 0 unspecified atom stereocenters. The van der Waals surface area contributed by atoms with Gasteiger partial charge in [-0.1, -0.05) is 41.7 Å². The van der Waals surface area contributed by atoms with Crippen molar-refractivity contribution in [2.75, 3.05) is 23.7 Å². The van der Waals surface area contributed by atoms with Crippen LogP contribution in [0.3, 0.4) is 0 Å². The topological polar surface area (TPSA) is 88.8 Å². The van der Waals surface area contributed by atoms with Crippen molar-refractivity contribution in [1.82, 2.24) is 15.0 Å². The maximum Gasteiger partial charge on any atom is 0.188 e. The van der Waals surface area contributed by atoms with E-state index in [9.17, 15) is 0 Å². The Labute approximate surface area is 152 Å². The number of nitrogens with two attached hydrogens (primary N) is 1. The van der Waals surface area contributed by atoms with Crippen LogP contribution in [0.25, 0.3) is 5.57 Å². The molecular formula is C18H24N6S. The summed E-state index contributed by atoms with van der Waals surface area (Å²) < 4.78 is 0. The van der Waals surface area contributed by atoms with Crippen LogP contribution in [-0.4, -0.2) is 28.0 Å². The largest absolute Gasteiger partial charge is 0.369 e. The maximum atomic E-state index is 5.52. The molecule has 0 spiro atoms. The summed E-state index contributed by atoms with van der Waals surface area (Å²) in [6, 6.07) is 1.85. The highest BCUT2D eigenvalue weighted by atomic mass is 32.1. The van der Waals surface area contributed by atoms with Crippen molar-refractivity contribution in [3.8, 4) is 0 Å². The third-order valence-corrected chi connectivity index (χ3v) is 4.09. The van der Waals surface area contributed by atoms with Crippen molar-refractivity contribution in [2.24, 2.45) is 5.73 Å². The summed E-state index contributed by atoms with van der Waals surface area (Å²) in [6.45, 7) is 7.07. The zero-order valence-electron chi connectivity index (χ0n) is 14.8. The molecule has 2 rings (SSSR count). The van der Waals surface area contributed by atoms with E-state index in [0.717, 1.165) is 21.4 Å². The van der Waals surface area contributed by atoms with Gasteiger partial charge in [0.1, 0.15) is 17.5 Å². The van der Waals surface area contributed by atoms with E-state index in [2.05, 4.69) is 37.7 Å². The van der Waals surface area contributed by atoms with Gasteiger partial charge in [0.2, 0.25) is 0 Å². The molecule has 2 aromatic rings. The van der Waals surface area contributed by atoms with Crippen LogP contribution in [0.2, 0.25) is 0 Å². The molecule has 0 bridgehead atoms. The average Bonchev–Trinajstić information content (AvgIpc) is 3.04. The van der Waals surface area contributed by atoms with Crippen LogP contribution in [0.15, 0.2) is 42.6 Å². The molecule has 6 nitrogen and oxygen atoms in total. The fourth-order valence-corrected chi connectivity index (χ4v) is 2.93. The van der Waals surface area contributed by atoms with E-state index in [4.69, 9.17) is 5.73 Å². The first-order valence-electron chi connectivity index (χ1n) is 8.14. The fraction of sp³-hybridized carbons (Fsp3) is 0.278. The molecule has 0 atom stereocenters. The Morgan fingerprint density at radius 1 is 1.24 bits per heavy atom. The Bertz CT molecular complexity index is 776. The van der Waals surface area contributed by atoms with E-state index < -0.39 is 0 Å². The van der Waals surface area contributed by atoms with Crippen molar-refractivity contribution in [1.29, 1.82) is 0 Å². The molecule has 7 heteroatoms. The van der Waals surface area contributed by atoms with Crippen molar-refractivity contribution in [3.63, 3.8) is 0 Å². The quantitative estimate of drug-likeness (QED) is 0.622. The summed E-state index contributed by atoms with van der Waals surface area (Å²) in [5, 5.41) is 7.20. The van der Waals surface area contributed by atoms with Crippen LogP contribution in [0.4, 0.5) is 16.8 Å². The molecule has 0 aliphatic rings. The normalized spacial score (nSPS) is 12.2. The van der Waals surface area contributed by atoms with Crippen molar-refractivity contribution in [2.45, 2.75) is 20.8 Å². The number of nitrogens with zero attached hydrogens (tertiary/aromatic N) is 3. The van der Waals surface area contributed by atoms with Gasteiger partial charge in [-0.05, 0) is 26.3 Å². The van der Waals surface area contributed by atoms with Gasteiger partial charge in [0.25, 0.3) is 0 Å². The summed E-state index contributed by atoms with van der Waals surface area (Å²) in [5.41, 5.74) is 6.64. The number of hydrogen-bond donors (Lipinski definition) is 3. The predicted molar refractivity (Wildman–Crippen MR) is 107 cm³/mol. The molecule has 0 aromatic carbocycles. The van der Waals surface area contributed by atoms with Gasteiger partial charge in [0.15, 0.2) is 5.13 Å². The molecule has 4 N–H and O–H groups in total. The molecular weight excluding hydrogens is 332 g/mol. The Morgan fingerprint density at radius 3 is 2.76 bits per heavy atom. The first-order chi connectivity index (χ1) is 12.2. The Morgan fingerprint density at radius 2 is 2.04 bits per heavy atom. The Balaban J connectivity index is 2.19. The average molecular weight is 356 g/mol. The van der Waals surface area contributed by atoms with E-state index in [1.165, 1.54) is 0 Å². The molecule has 0 radical (unpaired) electrons. The van der Waals surface area contributed by atoms with Crippen LogP contribution >= 0.6 is 11.3 Å². The molecule has 0 aliphatic carbocycles. The molecule has 0 fully saturated rings. The fourth-order valence-electron chi connectivity index (χ4n) is 2.10. The molecule has 132 valence electrons. The van der Waals surface area contributed by atoms with Gasteiger partial charge >= 0.3 is 0 Å². The number of allylic oxidation sites excluding steroid dienone is 6. The van der Waals surface area contributed by atoms with E-state index >= 15 is 0 Å². The van der Waals surface area contributed by atoms with Crippen molar-refractivity contribution in [3.05, 3.63) is 53.3 Å². The summed E-state index contributed by atoms with van der Waals surface area (Å²) in [7, 11) is 0. The standard InChI is InChI=1S/C18H24N6S/c1-4-6-8-14(7-5-2)15-12-21-18(25-15)24-17-11-16(20-10-9-19)22-13(3)23-17/h4-8,11-12H,9-10,19H2,1-3H3,(H2,20,21,22,23,24)/b6-4-,7-5-,14-8+. The van der Waals surface area contributed by atoms with E-state index in [-0.39, 0.29) is 0 Å². The van der Waals surface area contributed by atoms with Crippen LogP contribution in [0.5, 0.6) is 0 Å². The second-order valence-electron chi connectivity index (χ2n) is 5.20. The Kier molecular flexibility index (Phi) is 7.31. The Hall–Kier alpha value is -2.51. The van der Waals surface area contributed by atoms with Crippen LogP contribution in [0.1, 0.15) is 24.5 Å². The minimum Gasteiger partial charge on any atom is -0.369 e. The van der Waals surface area contributed by atoms with Crippen molar-refractivity contribution >= 4 is 33.7 Å². The summed E-state index contributed by atoms with van der Waals surface area (Å²) >= 11 is 1.58. The number of thiazole rings is 1. The zero-order valence-corrected chi connectivity index (χ0v) is 15.6. The first kappa shape index (κ1) is 18.8. The number of nitrogens with one attached hydrogen (secondary N) is 2. The number of hydrogen-bond acceptors (Lipinski definition) is 7. The lowest BCUT2D eigenvalue weighted by Gasteiger charge is -2.08. The predicted octanol–water partition coefficient (Wildman–Crippen LogP) is 3.89. The van der Waals surface area contributed by atoms with E-state index in [1.807, 2.05) is 51.3 Å². The lowest BCUT2D eigenvalue weighted by Crippen LogP contribution is -2.14. The van der Waals surface area contributed by atoms with Crippen LogP contribution in [-0.2, 0) is 0 Å². The van der Waals surface area contributed by atoms with Gasteiger partial charge in [0.05, 0.1) is 4.88 Å². The number of aryl methyl sites for hydroxylation is 1. The highest BCUT2D eigenvalue weighted by Gasteiger charge is 2.07. The molecule has 25 heavy (non-hydrogen) atoms. The lowest BCUT2D eigenvalue weighted by atomic mass is 10.2. The third-order valence-electron chi connectivity index (χ3n) is 3.13. The minimum atomic E-state index is 0.550. The summed E-state index contributed by atoms with van der Waals surface area (Å²) in [6.07, 6.45) is 12.0. The maximum absolute atomic E-state index is 5.52. The first-order valence-corrected chi connectivity index (χ1v) is 8.96. The molecule has 0 aliphatic heterocycles. The van der Waals surface area contributed by atoms with Crippen LogP contribution in [0, 0.1) is 6.92 Å². The smallest absolute Gasteiger partial charge is 0.188 e. The lowest BCUT2D eigenvalue weighted by molar-refractivity contribution is 0.987. The highest BCUT2D eigenvalue weighted by Crippen LogP contribution is 2.28. The van der Waals surface area contributed by atoms with Gasteiger partial charge in [-0.2, -0.15) is 0 Å². The van der Waals surface area contributed by atoms with Crippen LogP contribution < -0.4 is 16.4 Å². The molecule has 0 saturated heterocycles. The van der Waals surface area contributed by atoms with Crippen molar-refractivity contribution < 1.29 is 0 Å². The highest BCUT2D eigenvalue weighted by molar-refractivity contribution is 7.16. The monoisotopic (exact) mass is 356 g/mol.